The molecule has 5 nitrogen and oxygen atoms in total. The fraction of sp³-hybridized carbons (Fsp3) is 0.207. The van der Waals surface area contributed by atoms with Crippen LogP contribution in [0, 0.1) is 0 Å². The Morgan fingerprint density at radius 1 is 0.857 bits per heavy atom. The number of Topliss-reactive ketones (excluding diaryl/α,β-unsaturated/α-hetero) is 1. The highest BCUT2D eigenvalue weighted by atomic mass is 79.9. The lowest BCUT2D eigenvalue weighted by molar-refractivity contribution is 0.0914. The predicted molar refractivity (Wildman–Crippen MR) is 139 cm³/mol. The minimum Gasteiger partial charge on any atom is -0.496 e. The number of ketones is 1. The number of hydrogen-bond donors (Lipinski definition) is 0. The van der Waals surface area contributed by atoms with Crippen LogP contribution in [0.4, 0.5) is 0 Å². The number of carbonyl (C=O) groups is 1. The van der Waals surface area contributed by atoms with Crippen LogP contribution in [0.5, 0.6) is 23.0 Å². The summed E-state index contributed by atoms with van der Waals surface area (Å²) in [6, 6.07) is 23.3. The van der Waals surface area contributed by atoms with Crippen LogP contribution < -0.4 is 18.9 Å². The summed E-state index contributed by atoms with van der Waals surface area (Å²) in [5.74, 6) is 2.72. The fourth-order valence-electron chi connectivity index (χ4n) is 4.57. The summed E-state index contributed by atoms with van der Waals surface area (Å²) in [7, 11) is 3.28. The zero-order chi connectivity index (χ0) is 24.4. The molecule has 6 heteroatoms. The number of carbonyl (C=O) groups excluding carboxylic acids is 1. The Hall–Kier alpha value is -3.51. The molecule has 178 valence electrons. The molecular weight excluding hydrogens is 508 g/mol. The number of benzene rings is 4. The van der Waals surface area contributed by atoms with E-state index in [0.29, 0.717) is 42.3 Å². The van der Waals surface area contributed by atoms with Gasteiger partial charge in [0.2, 0.25) is 0 Å². The highest BCUT2D eigenvalue weighted by Gasteiger charge is 2.31. The van der Waals surface area contributed by atoms with Crippen LogP contribution in [0.15, 0.2) is 77.3 Å². The minimum atomic E-state index is -0.319. The average molecular weight is 533 g/mol. The lowest BCUT2D eigenvalue weighted by Gasteiger charge is -2.28. The summed E-state index contributed by atoms with van der Waals surface area (Å²) >= 11 is 3.66. The lowest BCUT2D eigenvalue weighted by Crippen LogP contribution is -2.21. The Balaban J connectivity index is 1.54. The van der Waals surface area contributed by atoms with Gasteiger partial charge in [-0.3, -0.25) is 4.79 Å². The summed E-state index contributed by atoms with van der Waals surface area (Å²) in [5, 5.41) is 1.70. The molecule has 1 unspecified atom stereocenters. The van der Waals surface area contributed by atoms with Gasteiger partial charge in [0.25, 0.3) is 0 Å². The van der Waals surface area contributed by atoms with E-state index in [9.17, 15) is 4.79 Å². The van der Waals surface area contributed by atoms with Gasteiger partial charge in [-0.1, -0.05) is 42.5 Å². The standard InChI is InChI=1S/C29H25BrO5/c1-32-23-15-16-25(33-2)28-20(23)11-12-21(30)29(28)35-24-14-13-22(31)27-19(24)9-6-10-26(27)34-17-18-7-4-3-5-8-18/h3-12,15-16,24H,13-14,17H2,1-2H3. The second-order valence-corrected chi connectivity index (χ2v) is 9.19. The molecule has 4 aromatic carbocycles. The van der Waals surface area contributed by atoms with E-state index in [-0.39, 0.29) is 11.9 Å². The third-order valence-corrected chi connectivity index (χ3v) is 6.89. The Morgan fingerprint density at radius 3 is 2.40 bits per heavy atom. The molecule has 1 aliphatic carbocycles. The van der Waals surface area contributed by atoms with Gasteiger partial charge in [0, 0.05) is 17.4 Å². The molecule has 0 radical (unpaired) electrons. The van der Waals surface area contributed by atoms with Crippen molar-refractivity contribution in [1.29, 1.82) is 0 Å². The SMILES string of the molecule is COc1ccc(OC)c2c(OC3CCC(=O)c4c(OCc5ccccc5)cccc43)c(Br)ccc12. The van der Waals surface area contributed by atoms with Crippen LogP contribution in [-0.4, -0.2) is 20.0 Å². The highest BCUT2D eigenvalue weighted by molar-refractivity contribution is 9.10. The van der Waals surface area contributed by atoms with Crippen molar-refractivity contribution in [3.8, 4) is 23.0 Å². The highest BCUT2D eigenvalue weighted by Crippen LogP contribution is 2.46. The number of ether oxygens (including phenoxy) is 4. The molecule has 0 amide bonds. The first kappa shape index (κ1) is 23.2. The summed E-state index contributed by atoms with van der Waals surface area (Å²) in [6.45, 7) is 0.391. The first-order valence-corrected chi connectivity index (χ1v) is 12.2. The average Bonchev–Trinajstić information content (AvgIpc) is 2.90. The first-order chi connectivity index (χ1) is 17.1. The second-order valence-electron chi connectivity index (χ2n) is 8.33. The smallest absolute Gasteiger partial charge is 0.167 e. The van der Waals surface area contributed by atoms with Crippen molar-refractivity contribution in [1.82, 2.24) is 0 Å². The molecule has 0 aromatic heterocycles. The van der Waals surface area contributed by atoms with E-state index in [2.05, 4.69) is 15.9 Å². The maximum atomic E-state index is 13.0. The molecule has 0 saturated heterocycles. The van der Waals surface area contributed by atoms with Gasteiger partial charge in [0.15, 0.2) is 5.78 Å². The Kier molecular flexibility index (Phi) is 6.64. The second kappa shape index (κ2) is 10.0. The Morgan fingerprint density at radius 2 is 1.63 bits per heavy atom. The maximum Gasteiger partial charge on any atom is 0.167 e. The van der Waals surface area contributed by atoms with Crippen molar-refractivity contribution in [2.45, 2.75) is 25.6 Å². The van der Waals surface area contributed by atoms with Gasteiger partial charge in [-0.15, -0.1) is 0 Å². The molecule has 0 spiro atoms. The Bertz CT molecular complexity index is 1380. The zero-order valence-corrected chi connectivity index (χ0v) is 21.1. The van der Waals surface area contributed by atoms with Gasteiger partial charge in [-0.25, -0.2) is 0 Å². The van der Waals surface area contributed by atoms with E-state index in [1.807, 2.05) is 72.8 Å². The number of rotatable bonds is 7. The van der Waals surface area contributed by atoms with Gasteiger partial charge in [0.05, 0.1) is 29.6 Å². The predicted octanol–water partition coefficient (Wildman–Crippen LogP) is 7.30. The third kappa shape index (κ3) is 4.46. The topological polar surface area (TPSA) is 54.0 Å². The number of methoxy groups -OCH3 is 2. The minimum absolute atomic E-state index is 0.0692. The van der Waals surface area contributed by atoms with E-state index in [0.717, 1.165) is 32.1 Å². The van der Waals surface area contributed by atoms with Crippen molar-refractivity contribution in [3.05, 3.63) is 94.0 Å². The molecule has 35 heavy (non-hydrogen) atoms. The van der Waals surface area contributed by atoms with E-state index >= 15 is 0 Å². The van der Waals surface area contributed by atoms with E-state index in [1.165, 1.54) is 0 Å². The molecule has 0 aliphatic heterocycles. The van der Waals surface area contributed by atoms with Gasteiger partial charge < -0.3 is 18.9 Å². The largest absolute Gasteiger partial charge is 0.496 e. The molecule has 0 heterocycles. The number of halogens is 1. The molecule has 0 N–H and O–H groups in total. The first-order valence-electron chi connectivity index (χ1n) is 11.4. The zero-order valence-electron chi connectivity index (χ0n) is 19.5. The van der Waals surface area contributed by atoms with Crippen molar-refractivity contribution in [2.24, 2.45) is 0 Å². The van der Waals surface area contributed by atoms with E-state index < -0.39 is 0 Å². The molecule has 1 atom stereocenters. The molecule has 4 aromatic rings. The Labute approximate surface area is 212 Å². The van der Waals surface area contributed by atoms with Crippen LogP contribution in [0.3, 0.4) is 0 Å². The van der Waals surface area contributed by atoms with Gasteiger partial charge in [0.1, 0.15) is 35.7 Å². The monoisotopic (exact) mass is 532 g/mol. The van der Waals surface area contributed by atoms with Crippen LogP contribution in [0.25, 0.3) is 10.8 Å². The lowest BCUT2D eigenvalue weighted by atomic mass is 9.87. The summed E-state index contributed by atoms with van der Waals surface area (Å²) in [4.78, 5) is 13.0. The molecule has 5 rings (SSSR count). The van der Waals surface area contributed by atoms with Crippen LogP contribution in [0.1, 0.15) is 40.4 Å². The summed E-state index contributed by atoms with van der Waals surface area (Å²) in [6.07, 6.45) is 0.635. The van der Waals surface area contributed by atoms with Crippen molar-refractivity contribution < 1.29 is 23.7 Å². The molecule has 0 fully saturated rings. The fourth-order valence-corrected chi connectivity index (χ4v) is 5.00. The summed E-state index contributed by atoms with van der Waals surface area (Å²) in [5.41, 5.74) is 2.47. The van der Waals surface area contributed by atoms with Crippen LogP contribution >= 0.6 is 15.9 Å². The van der Waals surface area contributed by atoms with Gasteiger partial charge >= 0.3 is 0 Å². The van der Waals surface area contributed by atoms with E-state index in [4.69, 9.17) is 18.9 Å². The quantitative estimate of drug-likeness (QED) is 0.250. The molecule has 0 saturated carbocycles. The molecule has 0 bridgehead atoms. The van der Waals surface area contributed by atoms with Crippen molar-refractivity contribution in [2.75, 3.05) is 14.2 Å². The van der Waals surface area contributed by atoms with Crippen molar-refractivity contribution >= 4 is 32.5 Å². The molecule has 1 aliphatic rings. The maximum absolute atomic E-state index is 13.0. The normalized spacial score (nSPS) is 14.9. The van der Waals surface area contributed by atoms with Gasteiger partial charge in [-0.2, -0.15) is 0 Å². The number of hydrogen-bond acceptors (Lipinski definition) is 5. The van der Waals surface area contributed by atoms with Crippen LogP contribution in [-0.2, 0) is 6.61 Å². The number of fused-ring (bicyclic) bond motifs is 2. The third-order valence-electron chi connectivity index (χ3n) is 6.26. The van der Waals surface area contributed by atoms with Gasteiger partial charge in [-0.05, 0) is 58.2 Å². The van der Waals surface area contributed by atoms with Crippen LogP contribution in [0.2, 0.25) is 0 Å². The molecular formula is C29H25BrO5. The van der Waals surface area contributed by atoms with E-state index in [1.54, 1.807) is 14.2 Å². The summed E-state index contributed by atoms with van der Waals surface area (Å²) < 4.78 is 24.8. The van der Waals surface area contributed by atoms with Crippen molar-refractivity contribution in [3.63, 3.8) is 0 Å².